The Bertz CT molecular complexity index is 542. The first kappa shape index (κ1) is 11.0. The lowest BCUT2D eigenvalue weighted by Gasteiger charge is -2.16. The van der Waals surface area contributed by atoms with Gasteiger partial charge in [-0.05, 0) is 23.8 Å². The van der Waals surface area contributed by atoms with Crippen molar-refractivity contribution in [2.45, 2.75) is 13.1 Å². The normalized spacial score (nSPS) is 14.3. The summed E-state index contributed by atoms with van der Waals surface area (Å²) in [7, 11) is 1.71. The Balaban J connectivity index is 1.77. The third kappa shape index (κ3) is 2.02. The summed E-state index contributed by atoms with van der Waals surface area (Å²) in [6.45, 7) is 1.69. The summed E-state index contributed by atoms with van der Waals surface area (Å²) in [5, 5.41) is 2.13. The Kier molecular flexibility index (Phi) is 2.86. The van der Waals surface area contributed by atoms with Crippen LogP contribution in [0.3, 0.4) is 0 Å². The quantitative estimate of drug-likeness (QED) is 0.895. The summed E-state index contributed by atoms with van der Waals surface area (Å²) >= 11 is 0. The minimum absolute atomic E-state index is 0.829. The van der Waals surface area contributed by atoms with Crippen molar-refractivity contribution < 1.29 is 4.74 Å². The van der Waals surface area contributed by atoms with Crippen molar-refractivity contribution in [2.75, 3.05) is 12.5 Å². The predicted molar refractivity (Wildman–Crippen MR) is 70.1 cm³/mol. The van der Waals surface area contributed by atoms with Gasteiger partial charge in [-0.3, -0.25) is 0 Å². The average molecular weight is 241 g/mol. The van der Waals surface area contributed by atoms with Crippen molar-refractivity contribution in [3.8, 4) is 5.75 Å². The summed E-state index contributed by atoms with van der Waals surface area (Å²) in [4.78, 5) is 4.26. The molecule has 1 aromatic carbocycles. The Morgan fingerprint density at radius 3 is 2.89 bits per heavy atom. The van der Waals surface area contributed by atoms with E-state index in [1.807, 2.05) is 30.3 Å². The highest BCUT2D eigenvalue weighted by molar-refractivity contribution is 5.43. The van der Waals surface area contributed by atoms with Gasteiger partial charge in [0.1, 0.15) is 11.6 Å². The third-order valence-electron chi connectivity index (χ3n) is 3.10. The molecule has 0 aliphatic carbocycles. The molecule has 0 saturated carbocycles. The van der Waals surface area contributed by atoms with E-state index >= 15 is 0 Å². The van der Waals surface area contributed by atoms with Gasteiger partial charge in [0.25, 0.3) is 0 Å². The fourth-order valence-corrected chi connectivity index (χ4v) is 2.25. The van der Waals surface area contributed by atoms with Crippen LogP contribution in [0.5, 0.6) is 5.75 Å². The first-order chi connectivity index (χ1) is 8.86. The van der Waals surface area contributed by atoms with E-state index in [2.05, 4.69) is 21.5 Å². The maximum absolute atomic E-state index is 5.39. The highest BCUT2D eigenvalue weighted by Crippen LogP contribution is 2.30. The molecule has 0 unspecified atom stereocenters. The first-order valence-electron chi connectivity index (χ1n) is 5.94. The van der Waals surface area contributed by atoms with Crippen LogP contribution in [0.15, 0.2) is 42.6 Å². The van der Waals surface area contributed by atoms with Crippen molar-refractivity contribution in [1.29, 1.82) is 0 Å². The van der Waals surface area contributed by atoms with Gasteiger partial charge in [-0.15, -0.1) is 0 Å². The molecule has 4 heteroatoms. The van der Waals surface area contributed by atoms with Crippen LogP contribution >= 0.6 is 0 Å². The lowest BCUT2D eigenvalue weighted by atomic mass is 10.1. The molecule has 0 bridgehead atoms. The average Bonchev–Trinajstić information content (AvgIpc) is 2.82. The number of hydrogen-bond donors (Lipinski definition) is 1. The minimum Gasteiger partial charge on any atom is -0.496 e. The number of fused-ring (bicyclic) bond motifs is 1. The van der Waals surface area contributed by atoms with Crippen LogP contribution in [0.1, 0.15) is 11.1 Å². The number of rotatable bonds is 3. The van der Waals surface area contributed by atoms with E-state index in [1.165, 1.54) is 11.1 Å². The lowest BCUT2D eigenvalue weighted by molar-refractivity contribution is 0.339. The van der Waals surface area contributed by atoms with Crippen LogP contribution in [0.4, 0.5) is 5.82 Å². The summed E-state index contributed by atoms with van der Waals surface area (Å²) in [6, 6.07) is 12.0. The SMILES string of the molecule is COc1cccc2c1CN(Nc1ccccn1)C2. The number of ether oxygens (including phenoxy) is 1. The van der Waals surface area contributed by atoms with E-state index in [4.69, 9.17) is 4.74 Å². The Labute approximate surface area is 106 Å². The molecule has 92 valence electrons. The number of benzene rings is 1. The predicted octanol–water partition coefficient (Wildman–Crippen LogP) is 2.43. The van der Waals surface area contributed by atoms with Gasteiger partial charge in [-0.25, -0.2) is 9.99 Å². The number of anilines is 1. The van der Waals surface area contributed by atoms with Crippen molar-refractivity contribution >= 4 is 5.82 Å². The molecular formula is C14H15N3O. The first-order valence-corrected chi connectivity index (χ1v) is 5.94. The van der Waals surface area contributed by atoms with Crippen LogP contribution in [0.2, 0.25) is 0 Å². The smallest absolute Gasteiger partial charge is 0.140 e. The van der Waals surface area contributed by atoms with E-state index in [1.54, 1.807) is 13.3 Å². The molecule has 1 aliphatic heterocycles. The fraction of sp³-hybridized carbons (Fsp3) is 0.214. The lowest BCUT2D eigenvalue weighted by Crippen LogP contribution is -2.24. The standard InChI is InChI=1S/C14H15N3O/c1-18-13-6-4-5-11-9-17(10-12(11)13)16-14-7-2-3-8-15-14/h2-8H,9-10H2,1H3,(H,15,16). The number of hydrogen-bond acceptors (Lipinski definition) is 4. The van der Waals surface area contributed by atoms with Crippen molar-refractivity contribution in [2.24, 2.45) is 0 Å². The molecule has 0 radical (unpaired) electrons. The molecule has 0 saturated heterocycles. The third-order valence-corrected chi connectivity index (χ3v) is 3.10. The van der Waals surface area contributed by atoms with E-state index in [9.17, 15) is 0 Å². The number of nitrogens with zero attached hydrogens (tertiary/aromatic N) is 2. The number of pyridine rings is 1. The summed E-state index contributed by atoms with van der Waals surface area (Å²) < 4.78 is 5.39. The van der Waals surface area contributed by atoms with E-state index in [-0.39, 0.29) is 0 Å². The monoisotopic (exact) mass is 241 g/mol. The topological polar surface area (TPSA) is 37.4 Å². The number of nitrogens with one attached hydrogen (secondary N) is 1. The largest absolute Gasteiger partial charge is 0.496 e. The molecule has 3 rings (SSSR count). The van der Waals surface area contributed by atoms with Crippen molar-refractivity contribution in [3.05, 3.63) is 53.7 Å². The van der Waals surface area contributed by atoms with Gasteiger partial charge < -0.3 is 10.2 Å². The number of aromatic nitrogens is 1. The van der Waals surface area contributed by atoms with Gasteiger partial charge in [-0.1, -0.05) is 18.2 Å². The molecule has 1 N–H and O–H groups in total. The van der Waals surface area contributed by atoms with Gasteiger partial charge in [0.2, 0.25) is 0 Å². The van der Waals surface area contributed by atoms with E-state index in [0.717, 1.165) is 24.7 Å². The van der Waals surface area contributed by atoms with Gasteiger partial charge in [0.15, 0.2) is 0 Å². The van der Waals surface area contributed by atoms with E-state index in [0.29, 0.717) is 0 Å². The number of methoxy groups -OCH3 is 1. The van der Waals surface area contributed by atoms with Crippen molar-refractivity contribution in [1.82, 2.24) is 9.99 Å². The Morgan fingerprint density at radius 1 is 1.17 bits per heavy atom. The Hall–Kier alpha value is -2.07. The second-order valence-corrected chi connectivity index (χ2v) is 4.28. The van der Waals surface area contributed by atoms with Gasteiger partial charge in [0.05, 0.1) is 7.11 Å². The molecule has 1 aromatic heterocycles. The van der Waals surface area contributed by atoms with E-state index < -0.39 is 0 Å². The van der Waals surface area contributed by atoms with Crippen LogP contribution in [-0.4, -0.2) is 17.1 Å². The molecule has 18 heavy (non-hydrogen) atoms. The number of hydrazine groups is 1. The molecule has 4 nitrogen and oxygen atoms in total. The highest BCUT2D eigenvalue weighted by atomic mass is 16.5. The van der Waals surface area contributed by atoms with Crippen LogP contribution < -0.4 is 10.2 Å². The molecule has 0 amide bonds. The van der Waals surface area contributed by atoms with Gasteiger partial charge in [0, 0.05) is 24.8 Å². The highest BCUT2D eigenvalue weighted by Gasteiger charge is 2.22. The summed E-state index contributed by atoms with van der Waals surface area (Å²) in [6.07, 6.45) is 1.78. The molecular weight excluding hydrogens is 226 g/mol. The molecule has 0 spiro atoms. The molecule has 2 aromatic rings. The van der Waals surface area contributed by atoms with Crippen molar-refractivity contribution in [3.63, 3.8) is 0 Å². The Morgan fingerprint density at radius 2 is 2.11 bits per heavy atom. The molecule has 0 atom stereocenters. The minimum atomic E-state index is 0.829. The van der Waals surface area contributed by atoms with Crippen LogP contribution in [0.25, 0.3) is 0 Å². The maximum atomic E-state index is 5.39. The zero-order valence-electron chi connectivity index (χ0n) is 10.3. The summed E-state index contributed by atoms with van der Waals surface area (Å²) in [5.41, 5.74) is 5.86. The van der Waals surface area contributed by atoms with Gasteiger partial charge >= 0.3 is 0 Å². The van der Waals surface area contributed by atoms with Gasteiger partial charge in [-0.2, -0.15) is 0 Å². The fourth-order valence-electron chi connectivity index (χ4n) is 2.25. The second kappa shape index (κ2) is 4.66. The maximum Gasteiger partial charge on any atom is 0.140 e. The van der Waals surface area contributed by atoms with Crippen LogP contribution in [0, 0.1) is 0 Å². The molecule has 1 aliphatic rings. The second-order valence-electron chi connectivity index (χ2n) is 4.28. The summed E-state index contributed by atoms with van der Waals surface area (Å²) in [5.74, 6) is 1.82. The molecule has 2 heterocycles. The zero-order chi connectivity index (χ0) is 12.4. The zero-order valence-corrected chi connectivity index (χ0v) is 10.3. The molecule has 0 fully saturated rings. The van der Waals surface area contributed by atoms with Crippen LogP contribution in [-0.2, 0) is 13.1 Å².